The number of hydrogen-bond acceptors (Lipinski definition) is 1. The van der Waals surface area contributed by atoms with Crippen molar-refractivity contribution in [2.75, 3.05) is 0 Å². The van der Waals surface area contributed by atoms with Gasteiger partial charge in [-0.3, -0.25) is 4.79 Å². The number of carboxylic acid groups (broad SMARTS) is 1. The zero-order chi connectivity index (χ0) is 15.0. The Balaban J connectivity index is 2.07. The Labute approximate surface area is 132 Å². The summed E-state index contributed by atoms with van der Waals surface area (Å²) >= 11 is 3.48. The van der Waals surface area contributed by atoms with Crippen molar-refractivity contribution in [2.45, 2.75) is 25.2 Å². The molecule has 0 saturated heterocycles. The van der Waals surface area contributed by atoms with E-state index in [1.165, 1.54) is 0 Å². The monoisotopic (exact) mass is 344 g/mol. The topological polar surface area (TPSA) is 37.3 Å². The molecule has 0 bridgehead atoms. The molecule has 0 aromatic heterocycles. The van der Waals surface area contributed by atoms with Gasteiger partial charge in [-0.1, -0.05) is 65.3 Å². The highest BCUT2D eigenvalue weighted by atomic mass is 79.9. The van der Waals surface area contributed by atoms with E-state index in [9.17, 15) is 9.90 Å². The fraction of sp³-hybridized carbons (Fsp3) is 0.278. The maximum atomic E-state index is 12.0. The van der Waals surface area contributed by atoms with Crippen molar-refractivity contribution >= 4 is 21.9 Å². The van der Waals surface area contributed by atoms with Crippen LogP contribution >= 0.6 is 15.9 Å². The lowest BCUT2D eigenvalue weighted by Crippen LogP contribution is -2.17. The van der Waals surface area contributed by atoms with Crippen LogP contribution in [0.1, 0.15) is 36.3 Å². The minimum Gasteiger partial charge on any atom is -0.481 e. The van der Waals surface area contributed by atoms with Gasteiger partial charge in [-0.15, -0.1) is 0 Å². The smallest absolute Gasteiger partial charge is 0.310 e. The van der Waals surface area contributed by atoms with E-state index in [0.29, 0.717) is 6.42 Å². The molecule has 1 saturated carbocycles. The molecule has 1 fully saturated rings. The average Bonchev–Trinajstić information content (AvgIpc) is 3.19. The van der Waals surface area contributed by atoms with Gasteiger partial charge in [0.2, 0.25) is 0 Å². The Morgan fingerprint density at radius 1 is 1.10 bits per heavy atom. The molecule has 0 heterocycles. The fourth-order valence-corrected chi connectivity index (χ4v) is 4.05. The third-order valence-electron chi connectivity index (χ3n) is 4.68. The highest BCUT2D eigenvalue weighted by Gasteiger charge is 2.69. The van der Waals surface area contributed by atoms with Crippen LogP contribution in [0, 0.1) is 5.41 Å². The van der Waals surface area contributed by atoms with Gasteiger partial charge in [0.1, 0.15) is 0 Å². The largest absolute Gasteiger partial charge is 0.481 e. The molecule has 2 aromatic rings. The SMILES string of the molecule is CCC1(C(=O)O)C(c2ccccc2)C1c1cccc(Br)c1. The lowest BCUT2D eigenvalue weighted by Gasteiger charge is -2.10. The standard InChI is InChI=1S/C18H17BrO2/c1-2-18(17(20)21)15(12-7-4-3-5-8-12)16(18)13-9-6-10-14(19)11-13/h3-11,15-16H,2H2,1H3,(H,20,21). The summed E-state index contributed by atoms with van der Waals surface area (Å²) in [5, 5.41) is 9.82. The summed E-state index contributed by atoms with van der Waals surface area (Å²) in [5.74, 6) is -0.598. The maximum absolute atomic E-state index is 12.0. The number of carboxylic acids is 1. The van der Waals surface area contributed by atoms with Gasteiger partial charge in [0.05, 0.1) is 5.41 Å². The van der Waals surface area contributed by atoms with Crippen LogP contribution < -0.4 is 0 Å². The number of benzene rings is 2. The third kappa shape index (κ3) is 2.20. The summed E-state index contributed by atoms with van der Waals surface area (Å²) in [7, 11) is 0. The van der Waals surface area contributed by atoms with Crippen molar-refractivity contribution < 1.29 is 9.90 Å². The quantitative estimate of drug-likeness (QED) is 0.863. The number of hydrogen-bond donors (Lipinski definition) is 1. The van der Waals surface area contributed by atoms with Crippen molar-refractivity contribution in [3.63, 3.8) is 0 Å². The van der Waals surface area contributed by atoms with Gasteiger partial charge >= 0.3 is 5.97 Å². The lowest BCUT2D eigenvalue weighted by atomic mass is 9.94. The molecule has 1 aliphatic rings. The fourth-order valence-electron chi connectivity index (χ4n) is 3.64. The van der Waals surface area contributed by atoms with Gasteiger partial charge in [0, 0.05) is 16.3 Å². The minimum atomic E-state index is -0.691. The summed E-state index contributed by atoms with van der Waals surface area (Å²) < 4.78 is 0.995. The molecule has 3 heteroatoms. The van der Waals surface area contributed by atoms with Crippen LogP contribution in [0.25, 0.3) is 0 Å². The second kappa shape index (κ2) is 5.30. The highest BCUT2D eigenvalue weighted by molar-refractivity contribution is 9.10. The molecule has 0 amide bonds. The molecule has 0 radical (unpaired) electrons. The molecule has 3 rings (SSSR count). The van der Waals surface area contributed by atoms with Gasteiger partial charge in [0.15, 0.2) is 0 Å². The highest BCUT2D eigenvalue weighted by Crippen LogP contribution is 2.72. The summed E-state index contributed by atoms with van der Waals surface area (Å²) in [6.45, 7) is 1.97. The molecule has 0 aliphatic heterocycles. The van der Waals surface area contributed by atoms with Crippen molar-refractivity contribution in [2.24, 2.45) is 5.41 Å². The number of aliphatic carboxylic acids is 1. The van der Waals surface area contributed by atoms with Gasteiger partial charge < -0.3 is 5.11 Å². The van der Waals surface area contributed by atoms with Gasteiger partial charge in [-0.25, -0.2) is 0 Å². The van der Waals surface area contributed by atoms with Gasteiger partial charge in [-0.2, -0.15) is 0 Å². The van der Waals surface area contributed by atoms with Crippen LogP contribution in [0.5, 0.6) is 0 Å². The Morgan fingerprint density at radius 2 is 1.71 bits per heavy atom. The molecule has 3 atom stereocenters. The summed E-state index contributed by atoms with van der Waals surface area (Å²) in [6, 6.07) is 18.0. The molecule has 1 N–H and O–H groups in total. The van der Waals surface area contributed by atoms with E-state index in [1.807, 2.05) is 61.5 Å². The van der Waals surface area contributed by atoms with E-state index in [4.69, 9.17) is 0 Å². The van der Waals surface area contributed by atoms with Crippen LogP contribution in [-0.2, 0) is 4.79 Å². The molecule has 3 unspecified atom stereocenters. The average molecular weight is 345 g/mol. The van der Waals surface area contributed by atoms with E-state index in [0.717, 1.165) is 15.6 Å². The van der Waals surface area contributed by atoms with Crippen LogP contribution in [0.4, 0.5) is 0 Å². The van der Waals surface area contributed by atoms with E-state index < -0.39 is 11.4 Å². The van der Waals surface area contributed by atoms with E-state index >= 15 is 0 Å². The number of rotatable bonds is 4. The van der Waals surface area contributed by atoms with E-state index in [1.54, 1.807) is 0 Å². The van der Waals surface area contributed by atoms with Crippen molar-refractivity contribution in [3.05, 3.63) is 70.2 Å². The first kappa shape index (κ1) is 14.3. The molecule has 0 spiro atoms. The Morgan fingerprint density at radius 3 is 2.29 bits per heavy atom. The van der Waals surface area contributed by atoms with Crippen molar-refractivity contribution in [1.29, 1.82) is 0 Å². The second-order valence-corrected chi connectivity index (χ2v) is 6.54. The first-order valence-corrected chi connectivity index (χ1v) is 7.94. The first-order valence-electron chi connectivity index (χ1n) is 7.15. The lowest BCUT2D eigenvalue weighted by molar-refractivity contribution is -0.143. The van der Waals surface area contributed by atoms with Crippen LogP contribution in [0.3, 0.4) is 0 Å². The third-order valence-corrected chi connectivity index (χ3v) is 5.18. The zero-order valence-electron chi connectivity index (χ0n) is 11.8. The molecule has 2 aromatic carbocycles. The van der Waals surface area contributed by atoms with E-state index in [-0.39, 0.29) is 11.8 Å². The molecule has 1 aliphatic carbocycles. The Hall–Kier alpha value is -1.61. The van der Waals surface area contributed by atoms with Crippen LogP contribution in [0.15, 0.2) is 59.1 Å². The Kier molecular flexibility index (Phi) is 3.62. The molecule has 108 valence electrons. The first-order chi connectivity index (χ1) is 10.1. The molecule has 2 nitrogen and oxygen atoms in total. The van der Waals surface area contributed by atoms with Gasteiger partial charge in [0.25, 0.3) is 0 Å². The number of carbonyl (C=O) groups is 1. The van der Waals surface area contributed by atoms with Crippen molar-refractivity contribution in [3.8, 4) is 0 Å². The maximum Gasteiger partial charge on any atom is 0.310 e. The van der Waals surface area contributed by atoms with Crippen molar-refractivity contribution in [1.82, 2.24) is 0 Å². The summed E-state index contributed by atoms with van der Waals surface area (Å²) in [6.07, 6.45) is 0.638. The summed E-state index contributed by atoms with van der Waals surface area (Å²) in [5.41, 5.74) is 1.54. The minimum absolute atomic E-state index is 0.0416. The zero-order valence-corrected chi connectivity index (χ0v) is 13.4. The molecular weight excluding hydrogens is 328 g/mol. The Bertz CT molecular complexity index is 668. The molecule has 21 heavy (non-hydrogen) atoms. The van der Waals surface area contributed by atoms with Crippen LogP contribution in [-0.4, -0.2) is 11.1 Å². The predicted molar refractivity (Wildman–Crippen MR) is 86.4 cm³/mol. The summed E-state index contributed by atoms with van der Waals surface area (Å²) in [4.78, 5) is 12.0. The van der Waals surface area contributed by atoms with E-state index in [2.05, 4.69) is 15.9 Å². The van der Waals surface area contributed by atoms with Crippen LogP contribution in [0.2, 0.25) is 0 Å². The van der Waals surface area contributed by atoms with Gasteiger partial charge in [-0.05, 0) is 29.7 Å². The predicted octanol–water partition coefficient (Wildman–Crippen LogP) is 4.81. The molecular formula is C18H17BrO2. The second-order valence-electron chi connectivity index (χ2n) is 5.62. The number of halogens is 1. The normalized spacial score (nSPS) is 27.3.